The van der Waals surface area contributed by atoms with Crippen LogP contribution in [0.3, 0.4) is 0 Å². The highest BCUT2D eigenvalue weighted by molar-refractivity contribution is 5.95. The number of aromatic nitrogens is 2. The number of aromatic hydroxyl groups is 2. The van der Waals surface area contributed by atoms with E-state index in [1.807, 2.05) is 0 Å². The minimum absolute atomic E-state index is 0.0846. The smallest absolute Gasteiger partial charge is 0.192 e. The first kappa shape index (κ1) is 15.5. The van der Waals surface area contributed by atoms with E-state index in [0.717, 1.165) is 5.52 Å². The van der Waals surface area contributed by atoms with E-state index in [9.17, 15) is 9.90 Å². The van der Waals surface area contributed by atoms with Gasteiger partial charge in [-0.1, -0.05) is 0 Å². The van der Waals surface area contributed by atoms with Gasteiger partial charge in [0.05, 0.1) is 0 Å². The van der Waals surface area contributed by atoms with E-state index in [1.165, 1.54) is 6.07 Å². The highest BCUT2D eigenvalue weighted by atomic mass is 16.4. The van der Waals surface area contributed by atoms with Crippen molar-refractivity contribution >= 4 is 28.5 Å². The van der Waals surface area contributed by atoms with Crippen LogP contribution in [-0.2, 0) is 0 Å². The molecule has 0 aliphatic carbocycles. The van der Waals surface area contributed by atoms with E-state index in [1.54, 1.807) is 38.1 Å². The average Bonchev–Trinajstić information content (AvgIpc) is 3.08. The first-order valence-electron chi connectivity index (χ1n) is 7.08. The zero-order valence-electron chi connectivity index (χ0n) is 13.0. The summed E-state index contributed by atoms with van der Waals surface area (Å²) >= 11 is 0. The van der Waals surface area contributed by atoms with Crippen molar-refractivity contribution in [1.82, 2.24) is 9.97 Å². The Hall–Kier alpha value is -3.35. The van der Waals surface area contributed by atoms with E-state index in [4.69, 9.17) is 13.9 Å². The fourth-order valence-electron chi connectivity index (χ4n) is 2.26. The van der Waals surface area contributed by atoms with Gasteiger partial charge in [-0.05, 0) is 24.3 Å². The third kappa shape index (κ3) is 2.91. The summed E-state index contributed by atoms with van der Waals surface area (Å²) in [5.74, 6) is 1.21. The molecule has 2 aromatic heterocycles. The fraction of sp³-hybridized carbons (Fsp3) is 0.118. The zero-order valence-corrected chi connectivity index (χ0v) is 13.0. The number of phenolic OH excluding ortho intramolecular Hbond substituents is 2. The van der Waals surface area contributed by atoms with Crippen LogP contribution in [0.4, 0.5) is 0 Å². The van der Waals surface area contributed by atoms with Crippen LogP contribution in [0.5, 0.6) is 11.5 Å². The second kappa shape index (κ2) is 6.04. The van der Waals surface area contributed by atoms with Crippen molar-refractivity contribution in [2.24, 2.45) is 0 Å². The van der Waals surface area contributed by atoms with Gasteiger partial charge < -0.3 is 19.0 Å². The van der Waals surface area contributed by atoms with Gasteiger partial charge in [0.15, 0.2) is 29.2 Å². The zero-order chi connectivity index (χ0) is 17.3. The molecule has 4 aromatic rings. The van der Waals surface area contributed by atoms with Crippen LogP contribution in [0.25, 0.3) is 22.2 Å². The summed E-state index contributed by atoms with van der Waals surface area (Å²) in [7, 11) is 0. The molecule has 2 aromatic carbocycles. The van der Waals surface area contributed by atoms with E-state index in [0.29, 0.717) is 34.8 Å². The van der Waals surface area contributed by atoms with Gasteiger partial charge in [0.2, 0.25) is 0 Å². The van der Waals surface area contributed by atoms with Crippen molar-refractivity contribution in [3.63, 3.8) is 0 Å². The Kier molecular flexibility index (Phi) is 3.91. The van der Waals surface area contributed by atoms with E-state index < -0.39 is 0 Å². The van der Waals surface area contributed by atoms with Crippen molar-refractivity contribution in [2.75, 3.05) is 0 Å². The van der Waals surface area contributed by atoms with Crippen molar-refractivity contribution in [3.05, 3.63) is 47.7 Å². The molecule has 0 atom stereocenters. The van der Waals surface area contributed by atoms with E-state index in [2.05, 4.69) is 9.97 Å². The van der Waals surface area contributed by atoms with Gasteiger partial charge >= 0.3 is 0 Å². The van der Waals surface area contributed by atoms with Gasteiger partial charge in [0.25, 0.3) is 0 Å². The molecule has 0 saturated heterocycles. The Labute approximate surface area is 136 Å². The van der Waals surface area contributed by atoms with Crippen molar-refractivity contribution < 1.29 is 23.8 Å². The minimum atomic E-state index is -0.0846. The number of carbonyl (C=O) groups excluding carboxylic acids is 1. The third-order valence-electron chi connectivity index (χ3n) is 3.28. The lowest BCUT2D eigenvalue weighted by Gasteiger charge is -1.94. The molecule has 0 unspecified atom stereocenters. The summed E-state index contributed by atoms with van der Waals surface area (Å²) in [6.07, 6.45) is 0.558. The molecule has 0 radical (unpaired) electrons. The van der Waals surface area contributed by atoms with Gasteiger partial charge in [-0.15, -0.1) is 0 Å². The average molecular weight is 326 g/mol. The maximum atomic E-state index is 10.6. The summed E-state index contributed by atoms with van der Waals surface area (Å²) < 4.78 is 10.3. The maximum Gasteiger partial charge on any atom is 0.192 e. The van der Waals surface area contributed by atoms with Gasteiger partial charge in [-0.3, -0.25) is 4.79 Å². The summed E-state index contributed by atoms with van der Waals surface area (Å²) in [6, 6.07) is 7.89. The molecule has 4 rings (SSSR count). The minimum Gasteiger partial charge on any atom is -0.508 e. The molecule has 0 aliphatic heterocycles. The SMILES string of the molecule is Cc1nc2ccc(O)c(C=O)c2o1.Cc1nc2ccc(O)cc2o1. The summed E-state index contributed by atoms with van der Waals surface area (Å²) in [6.45, 7) is 3.46. The Morgan fingerprint density at radius 2 is 1.62 bits per heavy atom. The van der Waals surface area contributed by atoms with Crippen LogP contribution in [0.15, 0.2) is 39.2 Å². The molecule has 7 nitrogen and oxygen atoms in total. The fourth-order valence-corrected chi connectivity index (χ4v) is 2.26. The summed E-state index contributed by atoms with van der Waals surface area (Å²) in [5.41, 5.74) is 2.48. The first-order chi connectivity index (χ1) is 11.5. The largest absolute Gasteiger partial charge is 0.508 e. The number of phenols is 2. The molecule has 24 heavy (non-hydrogen) atoms. The molecule has 122 valence electrons. The van der Waals surface area contributed by atoms with Gasteiger partial charge in [-0.2, -0.15) is 0 Å². The van der Waals surface area contributed by atoms with E-state index in [-0.39, 0.29) is 17.1 Å². The number of rotatable bonds is 1. The highest BCUT2D eigenvalue weighted by Gasteiger charge is 2.11. The number of hydrogen-bond acceptors (Lipinski definition) is 7. The second-order valence-electron chi connectivity index (χ2n) is 5.08. The number of benzene rings is 2. The van der Waals surface area contributed by atoms with Crippen LogP contribution in [0.1, 0.15) is 22.1 Å². The van der Waals surface area contributed by atoms with Crippen molar-refractivity contribution in [2.45, 2.75) is 13.8 Å². The highest BCUT2D eigenvalue weighted by Crippen LogP contribution is 2.25. The number of nitrogens with zero attached hydrogens (tertiary/aromatic N) is 2. The van der Waals surface area contributed by atoms with Crippen LogP contribution in [0, 0.1) is 13.8 Å². The molecular formula is C17H14N2O5. The quantitative estimate of drug-likeness (QED) is 0.515. The van der Waals surface area contributed by atoms with Gasteiger partial charge in [0, 0.05) is 19.9 Å². The molecule has 0 spiro atoms. The molecule has 2 heterocycles. The van der Waals surface area contributed by atoms with Crippen LogP contribution < -0.4 is 0 Å². The predicted molar refractivity (Wildman–Crippen MR) is 86.2 cm³/mol. The molecule has 0 aliphatic rings. The molecule has 0 saturated carbocycles. The third-order valence-corrected chi connectivity index (χ3v) is 3.28. The molecule has 0 amide bonds. The van der Waals surface area contributed by atoms with Crippen molar-refractivity contribution in [3.8, 4) is 11.5 Å². The second-order valence-corrected chi connectivity index (χ2v) is 5.08. The van der Waals surface area contributed by atoms with Crippen LogP contribution in [0.2, 0.25) is 0 Å². The molecule has 0 bridgehead atoms. The Morgan fingerprint density at radius 3 is 2.38 bits per heavy atom. The lowest BCUT2D eigenvalue weighted by molar-refractivity contribution is 0.112. The Balaban J connectivity index is 0.000000143. The first-order valence-corrected chi connectivity index (χ1v) is 7.08. The standard InChI is InChI=1S/C9H7NO3.C8H7NO2/c1-5-10-7-2-3-8(12)6(4-11)9(7)13-5;1-5-9-7-3-2-6(10)4-8(7)11-5/h2-4,12H,1H3;2-4,10H,1H3. The number of oxazole rings is 2. The number of fused-ring (bicyclic) bond motifs is 2. The van der Waals surface area contributed by atoms with Crippen LogP contribution in [-0.4, -0.2) is 26.5 Å². The van der Waals surface area contributed by atoms with Crippen molar-refractivity contribution in [1.29, 1.82) is 0 Å². The number of aldehydes is 1. The lowest BCUT2D eigenvalue weighted by atomic mass is 10.2. The molecule has 0 fully saturated rings. The predicted octanol–water partition coefficient (Wildman–Crippen LogP) is 3.50. The normalized spacial score (nSPS) is 10.6. The van der Waals surface area contributed by atoms with Gasteiger partial charge in [0.1, 0.15) is 28.1 Å². The number of hydrogen-bond donors (Lipinski definition) is 2. The van der Waals surface area contributed by atoms with Crippen LogP contribution >= 0.6 is 0 Å². The summed E-state index contributed by atoms with van der Waals surface area (Å²) in [5, 5.41) is 18.4. The van der Waals surface area contributed by atoms with Gasteiger partial charge in [-0.25, -0.2) is 9.97 Å². The topological polar surface area (TPSA) is 110 Å². The lowest BCUT2D eigenvalue weighted by Crippen LogP contribution is -1.81. The Morgan fingerprint density at radius 1 is 0.958 bits per heavy atom. The number of carbonyl (C=O) groups is 1. The Bertz CT molecular complexity index is 1030. The molecule has 2 N–H and O–H groups in total. The molecule has 7 heteroatoms. The summed E-state index contributed by atoms with van der Waals surface area (Å²) in [4.78, 5) is 18.7. The maximum absolute atomic E-state index is 10.6. The number of aryl methyl sites for hydroxylation is 2. The monoisotopic (exact) mass is 326 g/mol. The molecular weight excluding hydrogens is 312 g/mol. The van der Waals surface area contributed by atoms with E-state index >= 15 is 0 Å².